The molecule has 2 N–H and O–H groups in total. The molecule has 134 valence electrons. The summed E-state index contributed by atoms with van der Waals surface area (Å²) >= 11 is 0. The Morgan fingerprint density at radius 1 is 1.24 bits per heavy atom. The number of halogens is 1. The second kappa shape index (κ2) is 7.72. The Hall–Kier alpha value is -2.31. The van der Waals surface area contributed by atoms with Gasteiger partial charge in [-0.05, 0) is 23.6 Å². The molecule has 3 rings (SSSR count). The van der Waals surface area contributed by atoms with Crippen molar-refractivity contribution in [3.8, 4) is 5.75 Å². The molecule has 0 saturated carbocycles. The maximum Gasteiger partial charge on any atom is 0.175 e. The van der Waals surface area contributed by atoms with Crippen LogP contribution in [0.1, 0.15) is 26.3 Å². The Balaban J connectivity index is 0.00000225. The van der Waals surface area contributed by atoms with Crippen LogP contribution in [0.4, 0.5) is 5.82 Å². The van der Waals surface area contributed by atoms with E-state index in [2.05, 4.69) is 36.2 Å². The number of nitrogens with one attached hydrogen (secondary N) is 1. The average molecular weight is 363 g/mol. The van der Waals surface area contributed by atoms with E-state index in [1.54, 1.807) is 29.8 Å². The van der Waals surface area contributed by atoms with Gasteiger partial charge in [0.15, 0.2) is 6.23 Å². The van der Waals surface area contributed by atoms with Crippen LogP contribution in [0.25, 0.3) is 5.57 Å². The first-order valence-corrected chi connectivity index (χ1v) is 7.87. The van der Waals surface area contributed by atoms with Gasteiger partial charge in [0, 0.05) is 29.7 Å². The van der Waals surface area contributed by atoms with E-state index in [1.165, 1.54) is 0 Å². The molecule has 0 amide bonds. The standard InChI is InChI=1S/C18H22N4O2.ClH/c1-18(2,3)12-24-14-6-7-16(20-10-14)22-17(23)15(11-21-22)13-5-4-8-19-9-13;/h4-11,17,21,23H,12H2,1-3H3;1H. The first-order valence-electron chi connectivity index (χ1n) is 7.87. The Labute approximate surface area is 153 Å². The predicted octanol–water partition coefficient (Wildman–Crippen LogP) is 3.01. The third-order valence-corrected chi connectivity index (χ3v) is 3.52. The van der Waals surface area contributed by atoms with Crippen molar-refractivity contribution < 1.29 is 9.84 Å². The number of aliphatic hydroxyl groups excluding tert-OH is 1. The lowest BCUT2D eigenvalue weighted by Crippen LogP contribution is -2.38. The number of anilines is 1. The van der Waals surface area contributed by atoms with Crippen LogP contribution in [-0.2, 0) is 0 Å². The van der Waals surface area contributed by atoms with Gasteiger partial charge < -0.3 is 15.3 Å². The van der Waals surface area contributed by atoms with Crippen molar-refractivity contribution in [3.05, 3.63) is 54.6 Å². The number of pyridine rings is 2. The lowest BCUT2D eigenvalue weighted by molar-refractivity contribution is 0.197. The Morgan fingerprint density at radius 2 is 2.04 bits per heavy atom. The Bertz CT molecular complexity index is 714. The van der Waals surface area contributed by atoms with Crippen LogP contribution in [0.5, 0.6) is 5.75 Å². The number of ether oxygens (including phenoxy) is 1. The first-order chi connectivity index (χ1) is 11.4. The van der Waals surface area contributed by atoms with Crippen LogP contribution in [0, 0.1) is 5.41 Å². The van der Waals surface area contributed by atoms with E-state index in [1.807, 2.05) is 24.3 Å². The van der Waals surface area contributed by atoms with E-state index in [0.29, 0.717) is 18.2 Å². The highest BCUT2D eigenvalue weighted by molar-refractivity contribution is 5.85. The predicted molar refractivity (Wildman–Crippen MR) is 100 cm³/mol. The number of rotatable bonds is 4. The molecular formula is C18H23ClN4O2. The number of nitrogens with zero attached hydrogens (tertiary/aromatic N) is 3. The van der Waals surface area contributed by atoms with Gasteiger partial charge in [-0.2, -0.15) is 0 Å². The van der Waals surface area contributed by atoms with Crippen LogP contribution in [-0.4, -0.2) is 27.9 Å². The van der Waals surface area contributed by atoms with E-state index >= 15 is 0 Å². The van der Waals surface area contributed by atoms with Crippen LogP contribution in [0.3, 0.4) is 0 Å². The molecule has 6 nitrogen and oxygen atoms in total. The van der Waals surface area contributed by atoms with Gasteiger partial charge in [-0.15, -0.1) is 12.4 Å². The molecule has 1 atom stereocenters. The highest BCUT2D eigenvalue weighted by atomic mass is 35.5. The van der Waals surface area contributed by atoms with Gasteiger partial charge in [0.1, 0.15) is 11.6 Å². The Morgan fingerprint density at radius 3 is 2.64 bits per heavy atom. The molecule has 1 aliphatic rings. The molecule has 2 aromatic heterocycles. The van der Waals surface area contributed by atoms with Gasteiger partial charge in [-0.25, -0.2) is 9.99 Å². The summed E-state index contributed by atoms with van der Waals surface area (Å²) in [5.74, 6) is 1.32. The molecule has 0 saturated heterocycles. The summed E-state index contributed by atoms with van der Waals surface area (Å²) in [5, 5.41) is 12.1. The third kappa shape index (κ3) is 4.61. The SMILES string of the molecule is CC(C)(C)COc1ccc(N2NC=C(c3cccnc3)C2O)nc1.Cl. The molecule has 0 aromatic carbocycles. The van der Waals surface area contributed by atoms with Crippen molar-refractivity contribution >= 4 is 23.8 Å². The average Bonchev–Trinajstić information content (AvgIpc) is 2.95. The zero-order valence-electron chi connectivity index (χ0n) is 14.5. The lowest BCUT2D eigenvalue weighted by Gasteiger charge is -2.23. The highest BCUT2D eigenvalue weighted by Gasteiger charge is 2.27. The third-order valence-electron chi connectivity index (χ3n) is 3.52. The molecule has 3 heterocycles. The number of aromatic nitrogens is 2. The number of aliphatic hydroxyl groups is 1. The smallest absolute Gasteiger partial charge is 0.175 e. The van der Waals surface area contributed by atoms with Crippen molar-refractivity contribution in [2.24, 2.45) is 5.41 Å². The monoisotopic (exact) mass is 362 g/mol. The van der Waals surface area contributed by atoms with E-state index in [4.69, 9.17) is 4.74 Å². The molecule has 2 aromatic rings. The molecule has 0 aliphatic carbocycles. The van der Waals surface area contributed by atoms with E-state index in [-0.39, 0.29) is 17.8 Å². The fourth-order valence-electron chi connectivity index (χ4n) is 2.28. The van der Waals surface area contributed by atoms with Crippen LogP contribution >= 0.6 is 12.4 Å². The summed E-state index contributed by atoms with van der Waals surface area (Å²) in [4.78, 5) is 8.45. The molecule has 7 heteroatoms. The quantitative estimate of drug-likeness (QED) is 0.871. The maximum atomic E-state index is 10.5. The summed E-state index contributed by atoms with van der Waals surface area (Å²) in [6, 6.07) is 7.41. The van der Waals surface area contributed by atoms with Gasteiger partial charge in [0.2, 0.25) is 0 Å². The van der Waals surface area contributed by atoms with Gasteiger partial charge >= 0.3 is 0 Å². The summed E-state index contributed by atoms with van der Waals surface area (Å²) in [6.45, 7) is 6.96. The molecule has 0 fully saturated rings. The van der Waals surface area contributed by atoms with Crippen molar-refractivity contribution in [2.75, 3.05) is 11.6 Å². The van der Waals surface area contributed by atoms with E-state index in [9.17, 15) is 5.11 Å². The molecule has 1 aliphatic heterocycles. The number of hydrogen-bond acceptors (Lipinski definition) is 6. The molecule has 0 radical (unpaired) electrons. The molecular weight excluding hydrogens is 340 g/mol. The largest absolute Gasteiger partial charge is 0.491 e. The fourth-order valence-corrected chi connectivity index (χ4v) is 2.28. The fraction of sp³-hybridized carbons (Fsp3) is 0.333. The topological polar surface area (TPSA) is 70.5 Å². The van der Waals surface area contributed by atoms with Crippen molar-refractivity contribution in [1.29, 1.82) is 0 Å². The minimum absolute atomic E-state index is 0. The van der Waals surface area contributed by atoms with Gasteiger partial charge in [0.05, 0.1) is 12.8 Å². The van der Waals surface area contributed by atoms with Crippen LogP contribution in [0.2, 0.25) is 0 Å². The van der Waals surface area contributed by atoms with Crippen molar-refractivity contribution in [1.82, 2.24) is 15.4 Å². The molecule has 0 bridgehead atoms. The van der Waals surface area contributed by atoms with Crippen LogP contribution < -0.4 is 15.2 Å². The van der Waals surface area contributed by atoms with E-state index < -0.39 is 6.23 Å². The summed E-state index contributed by atoms with van der Waals surface area (Å²) in [5.41, 5.74) is 4.74. The summed E-state index contributed by atoms with van der Waals surface area (Å²) in [6.07, 6.45) is 6.01. The van der Waals surface area contributed by atoms with Gasteiger partial charge in [0.25, 0.3) is 0 Å². The second-order valence-corrected chi connectivity index (χ2v) is 6.92. The van der Waals surface area contributed by atoms with Gasteiger partial charge in [-0.1, -0.05) is 26.8 Å². The summed E-state index contributed by atoms with van der Waals surface area (Å²) < 4.78 is 5.72. The van der Waals surface area contributed by atoms with Crippen molar-refractivity contribution in [2.45, 2.75) is 27.0 Å². The molecule has 25 heavy (non-hydrogen) atoms. The maximum absolute atomic E-state index is 10.5. The van der Waals surface area contributed by atoms with Crippen LogP contribution in [0.15, 0.2) is 49.1 Å². The lowest BCUT2D eigenvalue weighted by atomic mass is 9.99. The molecule has 1 unspecified atom stereocenters. The van der Waals surface area contributed by atoms with E-state index in [0.717, 1.165) is 11.1 Å². The van der Waals surface area contributed by atoms with Crippen molar-refractivity contribution in [3.63, 3.8) is 0 Å². The number of hydrogen-bond donors (Lipinski definition) is 2. The molecule has 0 spiro atoms. The minimum atomic E-state index is -0.831. The minimum Gasteiger partial charge on any atom is -0.491 e. The first kappa shape index (κ1) is 19.0. The van der Waals surface area contributed by atoms with Gasteiger partial charge in [-0.3, -0.25) is 4.98 Å². The zero-order chi connectivity index (χ0) is 17.2. The Kier molecular flexibility index (Phi) is 5.87. The zero-order valence-corrected chi connectivity index (χ0v) is 15.3. The normalized spacial score (nSPS) is 16.7. The summed E-state index contributed by atoms with van der Waals surface area (Å²) in [7, 11) is 0. The number of hydrazine groups is 1. The highest BCUT2D eigenvalue weighted by Crippen LogP contribution is 2.27. The second-order valence-electron chi connectivity index (χ2n) is 6.92.